The van der Waals surface area contributed by atoms with Gasteiger partial charge in [-0.3, -0.25) is 4.79 Å². The number of alkyl halides is 3. The van der Waals surface area contributed by atoms with Crippen LogP contribution in [0.3, 0.4) is 0 Å². The van der Waals surface area contributed by atoms with Crippen molar-refractivity contribution >= 4 is 5.91 Å². The number of rotatable bonds is 3. The summed E-state index contributed by atoms with van der Waals surface area (Å²) in [6.07, 6.45) is -5.73. The van der Waals surface area contributed by atoms with Gasteiger partial charge in [0, 0.05) is 25.7 Å². The molecule has 0 saturated heterocycles. The Balaban J connectivity index is 2.89. The first-order valence-corrected chi connectivity index (χ1v) is 5.12. The van der Waals surface area contributed by atoms with Crippen LogP contribution in [0.2, 0.25) is 0 Å². The Labute approximate surface area is 105 Å². The maximum atomic E-state index is 13.3. The Bertz CT molecular complexity index is 463. The second-order valence-electron chi connectivity index (χ2n) is 3.87. The van der Waals surface area contributed by atoms with Gasteiger partial charge in [-0.05, 0) is 0 Å². The van der Waals surface area contributed by atoms with E-state index in [-0.39, 0.29) is 0 Å². The Kier molecular flexibility index (Phi) is 4.33. The Hall–Kier alpha value is -1.86. The SMILES string of the molecule is CN(CCC(F)(F)F)C(=O)c1c(O)cc(F)cc1F. The minimum Gasteiger partial charge on any atom is -0.507 e. The van der Waals surface area contributed by atoms with E-state index >= 15 is 0 Å². The highest BCUT2D eigenvalue weighted by Crippen LogP contribution is 2.24. The predicted octanol–water partition coefficient (Wildman–Crippen LogP) is 2.69. The smallest absolute Gasteiger partial charge is 0.390 e. The molecule has 8 heteroatoms. The number of hydrogen-bond donors (Lipinski definition) is 1. The second kappa shape index (κ2) is 5.41. The van der Waals surface area contributed by atoms with Gasteiger partial charge in [0.1, 0.15) is 22.9 Å². The van der Waals surface area contributed by atoms with E-state index in [9.17, 15) is 31.9 Å². The maximum absolute atomic E-state index is 13.3. The molecule has 0 unspecified atom stereocenters. The number of benzene rings is 1. The van der Waals surface area contributed by atoms with Crippen molar-refractivity contribution in [2.45, 2.75) is 12.6 Å². The van der Waals surface area contributed by atoms with Crippen LogP contribution in [0.15, 0.2) is 12.1 Å². The number of phenols is 1. The van der Waals surface area contributed by atoms with E-state index in [4.69, 9.17) is 0 Å². The number of nitrogens with zero attached hydrogens (tertiary/aromatic N) is 1. The zero-order chi connectivity index (χ0) is 14.8. The van der Waals surface area contributed by atoms with Crippen molar-refractivity contribution in [3.63, 3.8) is 0 Å². The monoisotopic (exact) mass is 283 g/mol. The van der Waals surface area contributed by atoms with Crippen LogP contribution in [0.5, 0.6) is 5.75 Å². The van der Waals surface area contributed by atoms with Crippen LogP contribution in [-0.2, 0) is 0 Å². The van der Waals surface area contributed by atoms with Gasteiger partial charge in [0.25, 0.3) is 5.91 Å². The Morgan fingerprint density at radius 3 is 2.37 bits per heavy atom. The van der Waals surface area contributed by atoms with Crippen LogP contribution in [0.4, 0.5) is 22.0 Å². The highest BCUT2D eigenvalue weighted by molar-refractivity contribution is 5.96. The molecule has 0 fully saturated rings. The molecule has 1 amide bonds. The number of amides is 1. The standard InChI is InChI=1S/C11H10F5NO2/c1-17(3-2-11(14,15)16)10(19)9-7(13)4-6(12)5-8(9)18/h4-5,18H,2-3H2,1H3. The number of carbonyl (C=O) groups is 1. The molecule has 0 bridgehead atoms. The van der Waals surface area contributed by atoms with E-state index in [1.165, 1.54) is 0 Å². The van der Waals surface area contributed by atoms with Crippen LogP contribution in [0.1, 0.15) is 16.8 Å². The number of phenolic OH excluding ortho intramolecular Hbond substituents is 1. The highest BCUT2D eigenvalue weighted by atomic mass is 19.4. The lowest BCUT2D eigenvalue weighted by atomic mass is 10.1. The highest BCUT2D eigenvalue weighted by Gasteiger charge is 2.29. The van der Waals surface area contributed by atoms with Gasteiger partial charge in [0.2, 0.25) is 0 Å². The average Bonchev–Trinajstić information content (AvgIpc) is 2.23. The topological polar surface area (TPSA) is 40.5 Å². The molecule has 0 saturated carbocycles. The fourth-order valence-corrected chi connectivity index (χ4v) is 1.36. The molecule has 3 nitrogen and oxygen atoms in total. The summed E-state index contributed by atoms with van der Waals surface area (Å²) in [7, 11) is 1.02. The van der Waals surface area contributed by atoms with E-state index in [0.29, 0.717) is 17.0 Å². The Morgan fingerprint density at radius 1 is 1.32 bits per heavy atom. The van der Waals surface area contributed by atoms with E-state index < -0.39 is 48.0 Å². The molecule has 0 aliphatic rings. The molecule has 106 valence electrons. The molecule has 1 N–H and O–H groups in total. The lowest BCUT2D eigenvalue weighted by molar-refractivity contribution is -0.136. The van der Waals surface area contributed by atoms with Crippen molar-refractivity contribution in [1.29, 1.82) is 0 Å². The molecule has 0 aromatic heterocycles. The third kappa shape index (κ3) is 4.08. The molecular formula is C11H10F5NO2. The summed E-state index contributed by atoms with van der Waals surface area (Å²) in [5.41, 5.74) is -0.855. The molecule has 0 atom stereocenters. The number of hydrogen-bond acceptors (Lipinski definition) is 2. The molecule has 0 radical (unpaired) electrons. The molecule has 0 aliphatic carbocycles. The number of aromatic hydroxyl groups is 1. The first-order chi connectivity index (χ1) is 8.61. The van der Waals surface area contributed by atoms with E-state index in [1.807, 2.05) is 0 Å². The number of carbonyl (C=O) groups excluding carboxylic acids is 1. The first-order valence-electron chi connectivity index (χ1n) is 5.12. The fraction of sp³-hybridized carbons (Fsp3) is 0.364. The third-order valence-electron chi connectivity index (χ3n) is 2.33. The van der Waals surface area contributed by atoms with E-state index in [0.717, 1.165) is 7.05 Å². The minimum absolute atomic E-state index is 0.366. The van der Waals surface area contributed by atoms with Crippen LogP contribution in [0.25, 0.3) is 0 Å². The van der Waals surface area contributed by atoms with Gasteiger partial charge in [-0.15, -0.1) is 0 Å². The van der Waals surface area contributed by atoms with Crippen molar-refractivity contribution in [3.8, 4) is 5.75 Å². The van der Waals surface area contributed by atoms with Gasteiger partial charge >= 0.3 is 6.18 Å². The van der Waals surface area contributed by atoms with Crippen molar-refractivity contribution in [2.24, 2.45) is 0 Å². The quantitative estimate of drug-likeness (QED) is 0.866. The van der Waals surface area contributed by atoms with Crippen LogP contribution in [0, 0.1) is 11.6 Å². The van der Waals surface area contributed by atoms with Gasteiger partial charge in [-0.2, -0.15) is 13.2 Å². The summed E-state index contributed by atoms with van der Waals surface area (Å²) in [5.74, 6) is -4.54. The molecule has 0 heterocycles. The van der Waals surface area contributed by atoms with E-state index in [2.05, 4.69) is 0 Å². The molecule has 1 rings (SSSR count). The van der Waals surface area contributed by atoms with Gasteiger partial charge in [0.05, 0.1) is 6.42 Å². The van der Waals surface area contributed by atoms with Crippen molar-refractivity contribution < 1.29 is 31.9 Å². The molecule has 1 aromatic rings. The molecule has 19 heavy (non-hydrogen) atoms. The van der Waals surface area contributed by atoms with Crippen LogP contribution >= 0.6 is 0 Å². The van der Waals surface area contributed by atoms with Crippen molar-refractivity contribution in [3.05, 3.63) is 29.3 Å². The fourth-order valence-electron chi connectivity index (χ4n) is 1.36. The van der Waals surface area contributed by atoms with Crippen LogP contribution in [-0.4, -0.2) is 35.7 Å². The first kappa shape index (κ1) is 15.2. The van der Waals surface area contributed by atoms with Crippen molar-refractivity contribution in [2.75, 3.05) is 13.6 Å². The second-order valence-corrected chi connectivity index (χ2v) is 3.87. The van der Waals surface area contributed by atoms with Gasteiger partial charge in [-0.25, -0.2) is 8.78 Å². The normalized spacial score (nSPS) is 11.5. The Morgan fingerprint density at radius 2 is 1.89 bits per heavy atom. The molecule has 1 aromatic carbocycles. The summed E-state index contributed by atoms with van der Waals surface area (Å²) in [6, 6.07) is 0.873. The van der Waals surface area contributed by atoms with Gasteiger partial charge in [0.15, 0.2) is 0 Å². The lowest BCUT2D eigenvalue weighted by Crippen LogP contribution is -2.31. The summed E-state index contributed by atoms with van der Waals surface area (Å²) in [6.45, 7) is -0.696. The maximum Gasteiger partial charge on any atom is 0.390 e. The largest absolute Gasteiger partial charge is 0.507 e. The number of halogens is 5. The third-order valence-corrected chi connectivity index (χ3v) is 2.33. The lowest BCUT2D eigenvalue weighted by Gasteiger charge is -2.19. The van der Waals surface area contributed by atoms with Crippen molar-refractivity contribution in [1.82, 2.24) is 4.90 Å². The van der Waals surface area contributed by atoms with Crippen LogP contribution < -0.4 is 0 Å². The van der Waals surface area contributed by atoms with Gasteiger partial charge < -0.3 is 10.0 Å². The summed E-state index contributed by atoms with van der Waals surface area (Å²) in [4.78, 5) is 12.3. The summed E-state index contributed by atoms with van der Waals surface area (Å²) < 4.78 is 62.0. The predicted molar refractivity (Wildman–Crippen MR) is 55.7 cm³/mol. The zero-order valence-electron chi connectivity index (χ0n) is 9.76. The summed E-state index contributed by atoms with van der Waals surface area (Å²) in [5, 5.41) is 9.27. The summed E-state index contributed by atoms with van der Waals surface area (Å²) >= 11 is 0. The molecule has 0 aliphatic heterocycles. The van der Waals surface area contributed by atoms with Gasteiger partial charge in [-0.1, -0.05) is 0 Å². The average molecular weight is 283 g/mol. The van der Waals surface area contributed by atoms with E-state index in [1.54, 1.807) is 0 Å². The zero-order valence-corrected chi connectivity index (χ0v) is 9.76. The molecular weight excluding hydrogens is 273 g/mol. The molecule has 0 spiro atoms. The minimum atomic E-state index is -4.46.